The maximum Gasteiger partial charge on any atom is 0.236 e. The summed E-state index contributed by atoms with van der Waals surface area (Å²) in [6, 6.07) is 4.30. The van der Waals surface area contributed by atoms with Gasteiger partial charge in [0.25, 0.3) is 0 Å². The highest BCUT2D eigenvalue weighted by atomic mass is 16.2. The first-order valence-corrected chi connectivity index (χ1v) is 7.26. The zero-order valence-electron chi connectivity index (χ0n) is 12.2. The number of amides is 1. The molecule has 5 nitrogen and oxygen atoms in total. The van der Waals surface area contributed by atoms with Crippen LogP contribution in [0.3, 0.4) is 0 Å². The van der Waals surface area contributed by atoms with Crippen LogP contribution in [0.1, 0.15) is 18.4 Å². The molecular formula is C15H24N4O. The monoisotopic (exact) mass is 276 g/mol. The third-order valence-electron chi connectivity index (χ3n) is 3.83. The number of piperidine rings is 1. The van der Waals surface area contributed by atoms with E-state index >= 15 is 0 Å². The van der Waals surface area contributed by atoms with Crippen LogP contribution in [0, 0.1) is 0 Å². The van der Waals surface area contributed by atoms with Gasteiger partial charge in [0, 0.05) is 38.1 Å². The maximum absolute atomic E-state index is 12.2. The summed E-state index contributed by atoms with van der Waals surface area (Å²) in [5, 5.41) is 0. The molecule has 2 rings (SSSR count). The number of aromatic nitrogens is 1. The molecule has 2 heterocycles. The molecule has 1 aromatic heterocycles. The minimum absolute atomic E-state index is 0.217. The Hall–Kier alpha value is -1.46. The Morgan fingerprint density at radius 2 is 2.05 bits per heavy atom. The zero-order chi connectivity index (χ0) is 14.4. The smallest absolute Gasteiger partial charge is 0.236 e. The van der Waals surface area contributed by atoms with Crippen molar-refractivity contribution in [2.45, 2.75) is 25.3 Å². The largest absolute Gasteiger partial charge is 0.341 e. The van der Waals surface area contributed by atoms with Gasteiger partial charge in [-0.3, -0.25) is 14.7 Å². The summed E-state index contributed by atoms with van der Waals surface area (Å²) in [5.41, 5.74) is 7.11. The summed E-state index contributed by atoms with van der Waals surface area (Å²) in [6.45, 7) is 2.97. The van der Waals surface area contributed by atoms with Gasteiger partial charge in [-0.1, -0.05) is 0 Å². The molecule has 0 spiro atoms. The van der Waals surface area contributed by atoms with Gasteiger partial charge in [0.15, 0.2) is 0 Å². The average Bonchev–Trinajstić information content (AvgIpc) is 2.47. The highest BCUT2D eigenvalue weighted by molar-refractivity contribution is 5.78. The number of likely N-dealkylation sites (tertiary alicyclic amines) is 1. The number of carbonyl (C=O) groups excluding carboxylic acids is 1. The van der Waals surface area contributed by atoms with Crippen LogP contribution in [-0.2, 0) is 11.2 Å². The predicted octanol–water partition coefficient (Wildman–Crippen LogP) is 0.506. The second kappa shape index (κ2) is 7.36. The molecule has 0 aliphatic carbocycles. The van der Waals surface area contributed by atoms with Crippen molar-refractivity contribution in [1.82, 2.24) is 14.8 Å². The van der Waals surface area contributed by atoms with E-state index < -0.39 is 0 Å². The second-order valence-electron chi connectivity index (χ2n) is 5.56. The Morgan fingerprint density at radius 1 is 1.40 bits per heavy atom. The Bertz CT molecular complexity index is 415. The quantitative estimate of drug-likeness (QED) is 0.851. The highest BCUT2D eigenvalue weighted by Gasteiger charge is 2.21. The molecule has 20 heavy (non-hydrogen) atoms. The van der Waals surface area contributed by atoms with Crippen LogP contribution in [-0.4, -0.2) is 60.0 Å². The van der Waals surface area contributed by atoms with Gasteiger partial charge in [-0.15, -0.1) is 0 Å². The van der Waals surface area contributed by atoms with E-state index in [0.29, 0.717) is 6.54 Å². The van der Waals surface area contributed by atoms with Crippen LogP contribution < -0.4 is 5.73 Å². The highest BCUT2D eigenvalue weighted by Crippen LogP contribution is 2.08. The fourth-order valence-electron chi connectivity index (χ4n) is 2.43. The van der Waals surface area contributed by atoms with Crippen molar-refractivity contribution >= 4 is 5.91 Å². The normalized spacial score (nSPS) is 16.6. The topological polar surface area (TPSA) is 62.5 Å². The van der Waals surface area contributed by atoms with E-state index in [1.165, 1.54) is 5.56 Å². The number of nitrogens with two attached hydrogens (primary N) is 1. The van der Waals surface area contributed by atoms with Gasteiger partial charge in [-0.2, -0.15) is 0 Å². The third kappa shape index (κ3) is 4.58. The van der Waals surface area contributed by atoms with Crippen LogP contribution in [0.25, 0.3) is 0 Å². The lowest BCUT2D eigenvalue weighted by atomic mass is 10.1. The maximum atomic E-state index is 12.2. The fourth-order valence-corrected chi connectivity index (χ4v) is 2.43. The lowest BCUT2D eigenvalue weighted by Crippen LogP contribution is -2.46. The van der Waals surface area contributed by atoms with Crippen molar-refractivity contribution in [1.29, 1.82) is 0 Å². The Morgan fingerprint density at radius 3 is 2.70 bits per heavy atom. The number of carbonyl (C=O) groups is 1. The molecule has 0 saturated carbocycles. The summed E-state index contributed by atoms with van der Waals surface area (Å²) in [7, 11) is 1.99. The Kier molecular flexibility index (Phi) is 5.49. The molecule has 1 aliphatic rings. The van der Waals surface area contributed by atoms with Gasteiger partial charge in [-0.05, 0) is 44.0 Å². The molecule has 1 saturated heterocycles. The number of rotatable bonds is 5. The van der Waals surface area contributed by atoms with Gasteiger partial charge in [-0.25, -0.2) is 0 Å². The molecular weight excluding hydrogens is 252 g/mol. The standard InChI is InChI=1S/C15H24N4O/c1-18(9-4-13-2-7-17-8-3-13)12-15(20)19-10-5-14(16)6-11-19/h2-3,7-8,14H,4-6,9-12,16H2,1H3. The number of hydrogen-bond acceptors (Lipinski definition) is 4. The predicted molar refractivity (Wildman–Crippen MR) is 79.2 cm³/mol. The van der Waals surface area contributed by atoms with Crippen LogP contribution in [0.2, 0.25) is 0 Å². The van der Waals surface area contributed by atoms with Gasteiger partial charge >= 0.3 is 0 Å². The van der Waals surface area contributed by atoms with E-state index in [4.69, 9.17) is 5.73 Å². The first kappa shape index (κ1) is 14.9. The average molecular weight is 276 g/mol. The van der Waals surface area contributed by atoms with Gasteiger partial charge in [0.1, 0.15) is 0 Å². The number of pyridine rings is 1. The molecule has 0 bridgehead atoms. The van der Waals surface area contributed by atoms with Crippen molar-refractivity contribution in [3.63, 3.8) is 0 Å². The van der Waals surface area contributed by atoms with Crippen molar-refractivity contribution in [3.05, 3.63) is 30.1 Å². The molecule has 0 unspecified atom stereocenters. The van der Waals surface area contributed by atoms with E-state index in [1.54, 1.807) is 12.4 Å². The van der Waals surface area contributed by atoms with E-state index in [9.17, 15) is 4.79 Å². The molecule has 2 N–H and O–H groups in total. The van der Waals surface area contributed by atoms with Crippen LogP contribution in [0.15, 0.2) is 24.5 Å². The van der Waals surface area contributed by atoms with E-state index in [2.05, 4.69) is 9.88 Å². The fraction of sp³-hybridized carbons (Fsp3) is 0.600. The van der Waals surface area contributed by atoms with Gasteiger partial charge in [0.05, 0.1) is 6.54 Å². The van der Waals surface area contributed by atoms with Crippen LogP contribution in [0.5, 0.6) is 0 Å². The Labute approximate surface area is 120 Å². The number of nitrogens with zero attached hydrogens (tertiary/aromatic N) is 3. The molecule has 5 heteroatoms. The minimum atomic E-state index is 0.217. The molecule has 0 aromatic carbocycles. The van der Waals surface area contributed by atoms with E-state index in [-0.39, 0.29) is 11.9 Å². The third-order valence-corrected chi connectivity index (χ3v) is 3.83. The van der Waals surface area contributed by atoms with Crippen LogP contribution >= 0.6 is 0 Å². The molecule has 1 fully saturated rings. The molecule has 1 aliphatic heterocycles. The molecule has 0 atom stereocenters. The zero-order valence-corrected chi connectivity index (χ0v) is 12.2. The number of hydrogen-bond donors (Lipinski definition) is 1. The Balaban J connectivity index is 1.71. The van der Waals surface area contributed by atoms with Crippen molar-refractivity contribution in [2.75, 3.05) is 33.2 Å². The van der Waals surface area contributed by atoms with E-state index in [1.807, 2.05) is 24.1 Å². The summed E-state index contributed by atoms with van der Waals surface area (Å²) in [4.78, 5) is 20.2. The number of likely N-dealkylation sites (N-methyl/N-ethyl adjacent to an activating group) is 1. The first-order valence-electron chi connectivity index (χ1n) is 7.26. The second-order valence-corrected chi connectivity index (χ2v) is 5.56. The molecule has 0 radical (unpaired) electrons. The first-order chi connectivity index (χ1) is 9.65. The van der Waals surface area contributed by atoms with Gasteiger partial charge < -0.3 is 10.6 Å². The van der Waals surface area contributed by atoms with E-state index in [0.717, 1.165) is 38.9 Å². The van der Waals surface area contributed by atoms with Crippen molar-refractivity contribution in [2.24, 2.45) is 5.73 Å². The van der Waals surface area contributed by atoms with Crippen LogP contribution in [0.4, 0.5) is 0 Å². The molecule has 110 valence electrons. The van der Waals surface area contributed by atoms with Crippen molar-refractivity contribution in [3.8, 4) is 0 Å². The molecule has 1 aromatic rings. The summed E-state index contributed by atoms with van der Waals surface area (Å²) >= 11 is 0. The summed E-state index contributed by atoms with van der Waals surface area (Å²) in [6.07, 6.45) is 6.39. The van der Waals surface area contributed by atoms with Gasteiger partial charge in [0.2, 0.25) is 5.91 Å². The summed E-state index contributed by atoms with van der Waals surface area (Å²) in [5.74, 6) is 0.217. The summed E-state index contributed by atoms with van der Waals surface area (Å²) < 4.78 is 0. The van der Waals surface area contributed by atoms with Crippen molar-refractivity contribution < 1.29 is 4.79 Å². The lowest BCUT2D eigenvalue weighted by molar-refractivity contribution is -0.133. The SMILES string of the molecule is CN(CCc1ccncc1)CC(=O)N1CCC(N)CC1. The minimum Gasteiger partial charge on any atom is -0.341 e. The molecule has 1 amide bonds. The lowest BCUT2D eigenvalue weighted by Gasteiger charge is -2.31.